The summed E-state index contributed by atoms with van der Waals surface area (Å²) in [6.07, 6.45) is 1.05. The highest BCUT2D eigenvalue weighted by molar-refractivity contribution is 14.1. The summed E-state index contributed by atoms with van der Waals surface area (Å²) >= 11 is 1.99. The number of anilines is 2. The second-order valence-corrected chi connectivity index (χ2v) is 5.74. The minimum absolute atomic E-state index is 0.207. The van der Waals surface area contributed by atoms with Crippen molar-refractivity contribution >= 4 is 39.9 Å². The van der Waals surface area contributed by atoms with E-state index in [4.69, 9.17) is 0 Å². The van der Waals surface area contributed by atoms with Crippen LogP contribution >= 0.6 is 22.6 Å². The van der Waals surface area contributed by atoms with Crippen molar-refractivity contribution in [3.8, 4) is 0 Å². The Labute approximate surface area is 137 Å². The fourth-order valence-corrected chi connectivity index (χ4v) is 2.41. The number of hydrogen-bond donors (Lipinski definition) is 2. The van der Waals surface area contributed by atoms with Gasteiger partial charge in [-0.1, -0.05) is 6.92 Å². The van der Waals surface area contributed by atoms with Crippen LogP contribution < -0.4 is 10.6 Å². The summed E-state index contributed by atoms with van der Waals surface area (Å²) in [4.78, 5) is 12.1. The summed E-state index contributed by atoms with van der Waals surface area (Å²) in [6.45, 7) is 3.00. The lowest BCUT2D eigenvalue weighted by Gasteiger charge is -2.09. The number of nitrogens with one attached hydrogen (secondary N) is 2. The van der Waals surface area contributed by atoms with E-state index in [0.717, 1.165) is 18.7 Å². The van der Waals surface area contributed by atoms with Gasteiger partial charge in [-0.15, -0.1) is 0 Å². The van der Waals surface area contributed by atoms with E-state index in [1.165, 1.54) is 12.1 Å². The van der Waals surface area contributed by atoms with Gasteiger partial charge in [-0.05, 0) is 71.5 Å². The molecule has 0 unspecified atom stereocenters. The number of rotatable bonds is 5. The maximum atomic E-state index is 13.0. The Morgan fingerprint density at radius 2 is 1.90 bits per heavy atom. The molecule has 0 radical (unpaired) electrons. The van der Waals surface area contributed by atoms with Crippen molar-refractivity contribution in [3.63, 3.8) is 0 Å². The minimum Gasteiger partial charge on any atom is -0.385 e. The quantitative estimate of drug-likeness (QED) is 0.729. The van der Waals surface area contributed by atoms with Gasteiger partial charge in [0.15, 0.2) is 0 Å². The minimum atomic E-state index is -0.316. The van der Waals surface area contributed by atoms with E-state index in [9.17, 15) is 9.18 Å². The first kappa shape index (κ1) is 15.8. The van der Waals surface area contributed by atoms with Crippen LogP contribution in [0.1, 0.15) is 23.7 Å². The molecule has 0 spiro atoms. The maximum absolute atomic E-state index is 13.0. The van der Waals surface area contributed by atoms with Crippen molar-refractivity contribution in [1.82, 2.24) is 0 Å². The van der Waals surface area contributed by atoms with Gasteiger partial charge in [0.25, 0.3) is 5.91 Å². The molecule has 5 heteroatoms. The molecule has 0 saturated heterocycles. The Hall–Kier alpha value is -1.63. The summed E-state index contributed by atoms with van der Waals surface area (Å²) in [5.41, 5.74) is 2.16. The third kappa shape index (κ3) is 4.42. The van der Waals surface area contributed by atoms with Crippen molar-refractivity contribution in [2.24, 2.45) is 0 Å². The van der Waals surface area contributed by atoms with E-state index in [1.54, 1.807) is 18.2 Å². The zero-order valence-corrected chi connectivity index (χ0v) is 13.8. The molecule has 0 aliphatic heterocycles. The summed E-state index contributed by atoms with van der Waals surface area (Å²) in [7, 11) is 0. The van der Waals surface area contributed by atoms with Crippen LogP contribution in [0.2, 0.25) is 0 Å². The summed E-state index contributed by atoms with van der Waals surface area (Å²) < 4.78 is 13.7. The van der Waals surface area contributed by atoms with E-state index in [2.05, 4.69) is 17.6 Å². The molecule has 0 aliphatic rings. The Morgan fingerprint density at radius 1 is 1.19 bits per heavy atom. The number of amides is 1. The number of benzene rings is 2. The molecule has 21 heavy (non-hydrogen) atoms. The normalized spacial score (nSPS) is 10.2. The lowest BCUT2D eigenvalue weighted by atomic mass is 10.2. The monoisotopic (exact) mass is 398 g/mol. The van der Waals surface area contributed by atoms with Gasteiger partial charge in [0.1, 0.15) is 5.82 Å². The zero-order valence-electron chi connectivity index (χ0n) is 11.6. The Kier molecular flexibility index (Phi) is 5.55. The molecule has 0 fully saturated rings. The van der Waals surface area contributed by atoms with Crippen molar-refractivity contribution < 1.29 is 9.18 Å². The van der Waals surface area contributed by atoms with E-state index in [-0.39, 0.29) is 11.7 Å². The molecule has 3 nitrogen and oxygen atoms in total. The van der Waals surface area contributed by atoms with Gasteiger partial charge in [0.05, 0.1) is 5.69 Å². The first-order chi connectivity index (χ1) is 10.1. The standard InChI is InChI=1S/C16H16FIN2O/c1-2-9-19-13-6-3-11(4-7-13)16(21)20-15-8-5-12(17)10-14(15)18/h3-8,10,19H,2,9H2,1H3,(H,20,21). The van der Waals surface area contributed by atoms with Crippen LogP contribution in [0.5, 0.6) is 0 Å². The van der Waals surface area contributed by atoms with Crippen LogP contribution in [0.3, 0.4) is 0 Å². The van der Waals surface area contributed by atoms with Crippen molar-refractivity contribution in [3.05, 3.63) is 57.4 Å². The zero-order chi connectivity index (χ0) is 15.2. The van der Waals surface area contributed by atoms with Gasteiger partial charge >= 0.3 is 0 Å². The molecule has 0 saturated carbocycles. The van der Waals surface area contributed by atoms with Gasteiger partial charge < -0.3 is 10.6 Å². The Balaban J connectivity index is 2.06. The first-order valence-electron chi connectivity index (χ1n) is 6.70. The van der Waals surface area contributed by atoms with Crippen LogP contribution in [0.4, 0.5) is 15.8 Å². The van der Waals surface area contributed by atoms with Crippen molar-refractivity contribution in [2.45, 2.75) is 13.3 Å². The van der Waals surface area contributed by atoms with Crippen LogP contribution in [-0.2, 0) is 0 Å². The second kappa shape index (κ2) is 7.40. The molecular weight excluding hydrogens is 382 g/mol. The summed E-state index contributed by atoms with van der Waals surface area (Å²) in [5.74, 6) is -0.523. The SMILES string of the molecule is CCCNc1ccc(C(=O)Nc2ccc(F)cc2I)cc1. The Bertz CT molecular complexity index is 629. The van der Waals surface area contributed by atoms with E-state index in [1.807, 2.05) is 34.7 Å². The third-order valence-electron chi connectivity index (χ3n) is 2.91. The van der Waals surface area contributed by atoms with Crippen LogP contribution in [0, 0.1) is 9.39 Å². The number of carbonyl (C=O) groups is 1. The average molecular weight is 398 g/mol. The van der Waals surface area contributed by atoms with Gasteiger partial charge in [-0.2, -0.15) is 0 Å². The van der Waals surface area contributed by atoms with Crippen molar-refractivity contribution in [1.29, 1.82) is 0 Å². The van der Waals surface area contributed by atoms with E-state index < -0.39 is 0 Å². The molecule has 0 aromatic heterocycles. The van der Waals surface area contributed by atoms with E-state index >= 15 is 0 Å². The summed E-state index contributed by atoms with van der Waals surface area (Å²) in [5, 5.41) is 6.03. The lowest BCUT2D eigenvalue weighted by molar-refractivity contribution is 0.102. The number of carbonyl (C=O) groups excluding carboxylic acids is 1. The molecule has 0 aliphatic carbocycles. The van der Waals surface area contributed by atoms with Crippen molar-refractivity contribution in [2.75, 3.05) is 17.2 Å². The fourth-order valence-electron chi connectivity index (χ4n) is 1.79. The highest BCUT2D eigenvalue weighted by atomic mass is 127. The molecule has 0 bridgehead atoms. The predicted molar refractivity (Wildman–Crippen MR) is 92.3 cm³/mol. The van der Waals surface area contributed by atoms with Gasteiger partial charge in [-0.3, -0.25) is 4.79 Å². The average Bonchev–Trinajstić information content (AvgIpc) is 2.48. The smallest absolute Gasteiger partial charge is 0.255 e. The third-order valence-corrected chi connectivity index (χ3v) is 3.80. The molecule has 0 heterocycles. The highest BCUT2D eigenvalue weighted by Crippen LogP contribution is 2.20. The molecule has 0 atom stereocenters. The van der Waals surface area contributed by atoms with E-state index in [0.29, 0.717) is 14.8 Å². The largest absolute Gasteiger partial charge is 0.385 e. The molecule has 2 N–H and O–H groups in total. The fraction of sp³-hybridized carbons (Fsp3) is 0.188. The predicted octanol–water partition coefficient (Wildman–Crippen LogP) is 4.50. The van der Waals surface area contributed by atoms with Crippen LogP contribution in [0.15, 0.2) is 42.5 Å². The van der Waals surface area contributed by atoms with Crippen LogP contribution in [-0.4, -0.2) is 12.5 Å². The number of hydrogen-bond acceptors (Lipinski definition) is 2. The van der Waals surface area contributed by atoms with Crippen LogP contribution in [0.25, 0.3) is 0 Å². The molecule has 2 rings (SSSR count). The first-order valence-corrected chi connectivity index (χ1v) is 7.78. The maximum Gasteiger partial charge on any atom is 0.255 e. The molecular formula is C16H16FIN2O. The molecule has 2 aromatic rings. The topological polar surface area (TPSA) is 41.1 Å². The van der Waals surface area contributed by atoms with Gasteiger partial charge in [0, 0.05) is 21.4 Å². The second-order valence-electron chi connectivity index (χ2n) is 4.58. The molecule has 110 valence electrons. The lowest BCUT2D eigenvalue weighted by Crippen LogP contribution is -2.13. The molecule has 2 aromatic carbocycles. The van der Waals surface area contributed by atoms with Gasteiger partial charge in [0.2, 0.25) is 0 Å². The highest BCUT2D eigenvalue weighted by Gasteiger charge is 2.08. The van der Waals surface area contributed by atoms with Gasteiger partial charge in [-0.25, -0.2) is 4.39 Å². The Morgan fingerprint density at radius 3 is 2.52 bits per heavy atom. The summed E-state index contributed by atoms with van der Waals surface area (Å²) in [6, 6.07) is 11.6. The molecule has 1 amide bonds. The number of halogens is 2.